The Morgan fingerprint density at radius 3 is 3.00 bits per heavy atom. The summed E-state index contributed by atoms with van der Waals surface area (Å²) in [5.41, 5.74) is 0.831. The van der Waals surface area contributed by atoms with E-state index in [9.17, 15) is 9.59 Å². The molecule has 0 aromatic carbocycles. The van der Waals surface area contributed by atoms with Gasteiger partial charge in [-0.1, -0.05) is 6.07 Å². The molecule has 2 heterocycles. The van der Waals surface area contributed by atoms with Crippen molar-refractivity contribution in [3.63, 3.8) is 0 Å². The molecule has 1 fully saturated rings. The zero-order valence-corrected chi connectivity index (χ0v) is 11.5. The van der Waals surface area contributed by atoms with Crippen molar-refractivity contribution in [3.8, 4) is 0 Å². The molecule has 1 aromatic heterocycles. The first kappa shape index (κ1) is 13.8. The summed E-state index contributed by atoms with van der Waals surface area (Å²) in [6.07, 6.45) is 1.49. The first-order valence-corrected chi connectivity index (χ1v) is 6.75. The van der Waals surface area contributed by atoms with E-state index in [1.807, 2.05) is 19.1 Å². The highest BCUT2D eigenvalue weighted by Crippen LogP contribution is 2.19. The molecule has 0 aliphatic carbocycles. The van der Waals surface area contributed by atoms with Gasteiger partial charge in [-0.05, 0) is 31.9 Å². The van der Waals surface area contributed by atoms with E-state index in [2.05, 4.69) is 10.3 Å². The highest BCUT2D eigenvalue weighted by atomic mass is 35.5. The fourth-order valence-corrected chi connectivity index (χ4v) is 2.39. The van der Waals surface area contributed by atoms with E-state index in [0.717, 1.165) is 12.1 Å². The van der Waals surface area contributed by atoms with Gasteiger partial charge in [0, 0.05) is 12.2 Å². The summed E-state index contributed by atoms with van der Waals surface area (Å²) in [6, 6.07) is 4.98. The summed E-state index contributed by atoms with van der Waals surface area (Å²) in [5, 5.41) is 2.75. The number of likely N-dealkylation sites (tertiary alicyclic amines) is 1. The lowest BCUT2D eigenvalue weighted by Gasteiger charge is -2.22. The Morgan fingerprint density at radius 1 is 1.53 bits per heavy atom. The van der Waals surface area contributed by atoms with Crippen LogP contribution in [0, 0.1) is 6.92 Å². The maximum Gasteiger partial charge on any atom is 0.248 e. The van der Waals surface area contributed by atoms with Gasteiger partial charge < -0.3 is 10.2 Å². The van der Waals surface area contributed by atoms with Gasteiger partial charge in [0.1, 0.15) is 17.7 Å². The highest BCUT2D eigenvalue weighted by molar-refractivity contribution is 6.27. The van der Waals surface area contributed by atoms with Crippen molar-refractivity contribution in [1.29, 1.82) is 0 Å². The van der Waals surface area contributed by atoms with Crippen LogP contribution in [0.5, 0.6) is 0 Å². The monoisotopic (exact) mass is 281 g/mol. The molecule has 0 saturated carbocycles. The smallest absolute Gasteiger partial charge is 0.248 e. The molecule has 102 valence electrons. The number of amides is 2. The Morgan fingerprint density at radius 2 is 2.32 bits per heavy atom. The number of aromatic nitrogens is 1. The van der Waals surface area contributed by atoms with Crippen LogP contribution in [0.15, 0.2) is 18.2 Å². The van der Waals surface area contributed by atoms with Crippen LogP contribution in [0.2, 0.25) is 0 Å². The van der Waals surface area contributed by atoms with E-state index >= 15 is 0 Å². The molecular weight excluding hydrogens is 266 g/mol. The fraction of sp³-hybridized carbons (Fsp3) is 0.462. The Hall–Kier alpha value is -1.62. The van der Waals surface area contributed by atoms with Crippen LogP contribution < -0.4 is 5.32 Å². The van der Waals surface area contributed by atoms with Gasteiger partial charge in [-0.3, -0.25) is 9.59 Å². The summed E-state index contributed by atoms with van der Waals surface area (Å²) in [6.45, 7) is 2.44. The normalized spacial score (nSPS) is 18.4. The van der Waals surface area contributed by atoms with Crippen LogP contribution in [-0.2, 0) is 9.59 Å². The SMILES string of the molecule is Cc1cccc(NC(=O)[C@@H]2CCCN2C(=O)CCl)n1. The minimum Gasteiger partial charge on any atom is -0.330 e. The number of hydrogen-bond acceptors (Lipinski definition) is 3. The maximum atomic E-state index is 12.2. The summed E-state index contributed by atoms with van der Waals surface area (Å²) in [5.74, 6) is 0.0210. The van der Waals surface area contributed by atoms with Crippen molar-refractivity contribution in [3.05, 3.63) is 23.9 Å². The third kappa shape index (κ3) is 3.23. The number of rotatable bonds is 3. The average molecular weight is 282 g/mol. The van der Waals surface area contributed by atoms with Gasteiger partial charge in [-0.25, -0.2) is 4.98 Å². The molecule has 2 rings (SSSR count). The molecule has 1 aliphatic rings. The Balaban J connectivity index is 2.05. The number of hydrogen-bond donors (Lipinski definition) is 1. The van der Waals surface area contributed by atoms with E-state index < -0.39 is 6.04 Å². The first-order chi connectivity index (χ1) is 9.11. The molecule has 2 amide bonds. The molecule has 0 spiro atoms. The van der Waals surface area contributed by atoms with Crippen LogP contribution in [0.4, 0.5) is 5.82 Å². The molecule has 0 unspecified atom stereocenters. The number of carbonyl (C=O) groups excluding carboxylic acids is 2. The summed E-state index contributed by atoms with van der Waals surface area (Å²) >= 11 is 5.55. The highest BCUT2D eigenvalue weighted by Gasteiger charge is 2.33. The van der Waals surface area contributed by atoms with Gasteiger partial charge in [0.15, 0.2) is 0 Å². The Bertz CT molecular complexity index is 493. The standard InChI is InChI=1S/C13H16ClN3O2/c1-9-4-2-6-11(15-9)16-13(19)10-5-3-7-17(10)12(18)8-14/h2,4,6,10H,3,5,7-8H2,1H3,(H,15,16,19)/t10-/m0/s1. The lowest BCUT2D eigenvalue weighted by Crippen LogP contribution is -2.43. The number of anilines is 1. The molecule has 6 heteroatoms. The van der Waals surface area contributed by atoms with Gasteiger partial charge >= 0.3 is 0 Å². The predicted molar refractivity (Wildman–Crippen MR) is 73.1 cm³/mol. The quantitative estimate of drug-likeness (QED) is 0.855. The second-order valence-electron chi connectivity index (χ2n) is 4.53. The van der Waals surface area contributed by atoms with Crippen molar-refractivity contribution in [2.45, 2.75) is 25.8 Å². The second-order valence-corrected chi connectivity index (χ2v) is 4.80. The van der Waals surface area contributed by atoms with Gasteiger partial charge in [0.05, 0.1) is 0 Å². The van der Waals surface area contributed by atoms with Crippen LogP contribution in [0.1, 0.15) is 18.5 Å². The van der Waals surface area contributed by atoms with Gasteiger partial charge in [-0.15, -0.1) is 11.6 Å². The Labute approximate surface area is 117 Å². The van der Waals surface area contributed by atoms with Crippen LogP contribution in [-0.4, -0.2) is 40.2 Å². The molecule has 1 atom stereocenters. The molecule has 0 bridgehead atoms. The molecular formula is C13H16ClN3O2. The number of carbonyl (C=O) groups is 2. The second kappa shape index (κ2) is 6.02. The molecule has 0 radical (unpaired) electrons. The van der Waals surface area contributed by atoms with Crippen molar-refractivity contribution in [2.24, 2.45) is 0 Å². The zero-order chi connectivity index (χ0) is 13.8. The average Bonchev–Trinajstić information content (AvgIpc) is 2.87. The van der Waals surface area contributed by atoms with Gasteiger partial charge in [0.25, 0.3) is 0 Å². The first-order valence-electron chi connectivity index (χ1n) is 6.22. The van der Waals surface area contributed by atoms with E-state index in [1.165, 1.54) is 4.90 Å². The lowest BCUT2D eigenvalue weighted by atomic mass is 10.2. The van der Waals surface area contributed by atoms with Gasteiger partial charge in [0.2, 0.25) is 11.8 Å². The van der Waals surface area contributed by atoms with Crippen LogP contribution in [0.3, 0.4) is 0 Å². The number of halogens is 1. The van der Waals surface area contributed by atoms with E-state index in [-0.39, 0.29) is 17.7 Å². The van der Waals surface area contributed by atoms with Crippen molar-refractivity contribution >= 4 is 29.2 Å². The molecule has 1 aromatic rings. The van der Waals surface area contributed by atoms with Crippen molar-refractivity contribution < 1.29 is 9.59 Å². The van der Waals surface area contributed by atoms with Crippen LogP contribution >= 0.6 is 11.6 Å². The minimum absolute atomic E-state index is 0.0908. The third-order valence-electron chi connectivity index (χ3n) is 3.13. The molecule has 5 nitrogen and oxygen atoms in total. The lowest BCUT2D eigenvalue weighted by molar-refractivity contribution is -0.134. The Kier molecular flexibility index (Phi) is 4.37. The van der Waals surface area contributed by atoms with E-state index in [1.54, 1.807) is 6.07 Å². The number of aryl methyl sites for hydroxylation is 1. The number of nitrogens with zero attached hydrogens (tertiary/aromatic N) is 2. The van der Waals surface area contributed by atoms with Crippen molar-refractivity contribution in [2.75, 3.05) is 17.7 Å². The third-order valence-corrected chi connectivity index (χ3v) is 3.36. The summed E-state index contributed by atoms with van der Waals surface area (Å²) in [7, 11) is 0. The molecule has 1 saturated heterocycles. The van der Waals surface area contributed by atoms with E-state index in [0.29, 0.717) is 18.8 Å². The van der Waals surface area contributed by atoms with Crippen molar-refractivity contribution in [1.82, 2.24) is 9.88 Å². The largest absolute Gasteiger partial charge is 0.330 e. The minimum atomic E-state index is -0.437. The zero-order valence-electron chi connectivity index (χ0n) is 10.7. The summed E-state index contributed by atoms with van der Waals surface area (Å²) in [4.78, 5) is 29.6. The predicted octanol–water partition coefficient (Wildman–Crippen LogP) is 1.56. The number of nitrogens with one attached hydrogen (secondary N) is 1. The molecule has 19 heavy (non-hydrogen) atoms. The van der Waals surface area contributed by atoms with Gasteiger partial charge in [-0.2, -0.15) is 0 Å². The molecule has 1 N–H and O–H groups in total. The summed E-state index contributed by atoms with van der Waals surface area (Å²) < 4.78 is 0. The van der Waals surface area contributed by atoms with E-state index in [4.69, 9.17) is 11.6 Å². The number of alkyl halides is 1. The fourth-order valence-electron chi connectivity index (χ4n) is 2.24. The topological polar surface area (TPSA) is 62.3 Å². The van der Waals surface area contributed by atoms with Crippen LogP contribution in [0.25, 0.3) is 0 Å². The molecule has 1 aliphatic heterocycles. The maximum absolute atomic E-state index is 12.2. The number of pyridine rings is 1.